The fourth-order valence-corrected chi connectivity index (χ4v) is 2.11. The van der Waals surface area contributed by atoms with Crippen molar-refractivity contribution in [2.24, 2.45) is 0 Å². The van der Waals surface area contributed by atoms with E-state index in [9.17, 15) is 13.2 Å². The van der Waals surface area contributed by atoms with Crippen LogP contribution >= 0.6 is 0 Å². The first-order valence-corrected chi connectivity index (χ1v) is 6.99. The topological polar surface area (TPSA) is 63.6 Å². The van der Waals surface area contributed by atoms with Crippen LogP contribution in [0.1, 0.15) is 11.4 Å². The number of hydrogen-bond acceptors (Lipinski definition) is 5. The average molecular weight is 331 g/mol. The van der Waals surface area contributed by atoms with E-state index in [0.29, 0.717) is 28.8 Å². The van der Waals surface area contributed by atoms with E-state index in [1.807, 2.05) is 0 Å². The molecule has 0 radical (unpaired) electrons. The molecule has 0 bridgehead atoms. The molecule has 122 valence electrons. The van der Waals surface area contributed by atoms with Gasteiger partial charge in [-0.05, 0) is 25.1 Å². The van der Waals surface area contributed by atoms with Crippen molar-refractivity contribution >= 4 is 11.8 Å². The quantitative estimate of drug-likeness (QED) is 0.786. The van der Waals surface area contributed by atoms with Gasteiger partial charge in [-0.1, -0.05) is 12.1 Å². The zero-order chi connectivity index (χ0) is 17.2. The van der Waals surface area contributed by atoms with E-state index in [4.69, 9.17) is 0 Å². The highest BCUT2D eigenvalue weighted by molar-refractivity contribution is 5.64. The zero-order valence-corrected chi connectivity index (χ0v) is 12.5. The molecule has 1 aromatic carbocycles. The Balaban J connectivity index is 1.97. The number of aromatic nitrogens is 4. The Bertz CT molecular complexity index is 850. The molecule has 0 unspecified atom stereocenters. The standard InChI is InChI=1S/C16H12F3N5/c1-10-22-13(11-4-2-5-12(8-11)16(17,18)19)9-14(23-10)24-15-20-6-3-7-21-15/h2-9H,1H3,(H,20,21,22,23,24). The van der Waals surface area contributed by atoms with E-state index in [2.05, 4.69) is 25.3 Å². The minimum atomic E-state index is -4.41. The fraction of sp³-hybridized carbons (Fsp3) is 0.125. The first kappa shape index (κ1) is 15.9. The van der Waals surface area contributed by atoms with Gasteiger partial charge in [-0.2, -0.15) is 13.2 Å². The third-order valence-corrected chi connectivity index (χ3v) is 3.13. The van der Waals surface area contributed by atoms with Gasteiger partial charge in [0.1, 0.15) is 11.6 Å². The van der Waals surface area contributed by atoms with Crippen molar-refractivity contribution < 1.29 is 13.2 Å². The summed E-state index contributed by atoms with van der Waals surface area (Å²) in [5, 5.41) is 2.90. The Morgan fingerprint density at radius 2 is 1.71 bits per heavy atom. The van der Waals surface area contributed by atoms with Gasteiger partial charge in [0.05, 0.1) is 11.3 Å². The van der Waals surface area contributed by atoms with Crippen LogP contribution in [-0.2, 0) is 6.18 Å². The van der Waals surface area contributed by atoms with Crippen LogP contribution in [-0.4, -0.2) is 19.9 Å². The van der Waals surface area contributed by atoms with Gasteiger partial charge in [0.2, 0.25) is 5.95 Å². The number of rotatable bonds is 3. The lowest BCUT2D eigenvalue weighted by atomic mass is 10.1. The minimum absolute atomic E-state index is 0.339. The molecule has 8 heteroatoms. The summed E-state index contributed by atoms with van der Waals surface area (Å²) in [4.78, 5) is 16.5. The van der Waals surface area contributed by atoms with Crippen LogP contribution < -0.4 is 5.32 Å². The van der Waals surface area contributed by atoms with Crippen LogP contribution in [0.4, 0.5) is 24.9 Å². The number of benzene rings is 1. The highest BCUT2D eigenvalue weighted by Crippen LogP contribution is 2.32. The third kappa shape index (κ3) is 3.65. The molecule has 0 saturated carbocycles. The van der Waals surface area contributed by atoms with Crippen molar-refractivity contribution in [2.45, 2.75) is 13.1 Å². The Morgan fingerprint density at radius 3 is 2.42 bits per heavy atom. The molecule has 2 aromatic heterocycles. The lowest BCUT2D eigenvalue weighted by Crippen LogP contribution is -2.05. The van der Waals surface area contributed by atoms with Gasteiger partial charge in [0.15, 0.2) is 0 Å². The van der Waals surface area contributed by atoms with E-state index >= 15 is 0 Å². The van der Waals surface area contributed by atoms with Crippen molar-refractivity contribution in [1.82, 2.24) is 19.9 Å². The highest BCUT2D eigenvalue weighted by Gasteiger charge is 2.30. The Kier molecular flexibility index (Phi) is 4.11. The van der Waals surface area contributed by atoms with Gasteiger partial charge in [0, 0.05) is 24.0 Å². The van der Waals surface area contributed by atoms with Crippen LogP contribution in [0.5, 0.6) is 0 Å². The van der Waals surface area contributed by atoms with Crippen molar-refractivity contribution in [3.63, 3.8) is 0 Å². The number of aryl methyl sites for hydroxylation is 1. The second kappa shape index (κ2) is 6.23. The van der Waals surface area contributed by atoms with Gasteiger partial charge in [-0.15, -0.1) is 0 Å². The second-order valence-corrected chi connectivity index (χ2v) is 4.96. The van der Waals surface area contributed by atoms with Crippen molar-refractivity contribution in [1.29, 1.82) is 0 Å². The lowest BCUT2D eigenvalue weighted by Gasteiger charge is -2.10. The molecule has 24 heavy (non-hydrogen) atoms. The molecule has 1 N–H and O–H groups in total. The third-order valence-electron chi connectivity index (χ3n) is 3.13. The maximum atomic E-state index is 12.9. The molecule has 0 saturated heterocycles. The molecular weight excluding hydrogens is 319 g/mol. The molecule has 3 rings (SSSR count). The molecule has 0 spiro atoms. The zero-order valence-electron chi connectivity index (χ0n) is 12.5. The number of nitrogens with one attached hydrogen (secondary N) is 1. The average Bonchev–Trinajstić information content (AvgIpc) is 2.54. The largest absolute Gasteiger partial charge is 0.416 e. The second-order valence-electron chi connectivity index (χ2n) is 4.96. The summed E-state index contributed by atoms with van der Waals surface area (Å²) in [7, 11) is 0. The summed E-state index contributed by atoms with van der Waals surface area (Å²) in [5.74, 6) is 1.16. The molecule has 0 atom stereocenters. The number of hydrogen-bond donors (Lipinski definition) is 1. The molecule has 0 amide bonds. The Labute approximate surface area is 135 Å². The summed E-state index contributed by atoms with van der Waals surface area (Å²) in [6.07, 6.45) is -1.27. The van der Waals surface area contributed by atoms with Gasteiger partial charge in [-0.3, -0.25) is 0 Å². The van der Waals surface area contributed by atoms with Crippen molar-refractivity contribution in [3.8, 4) is 11.3 Å². The smallest absolute Gasteiger partial charge is 0.309 e. The first-order valence-electron chi connectivity index (χ1n) is 6.99. The molecule has 0 aliphatic heterocycles. The number of halogens is 3. The van der Waals surface area contributed by atoms with Crippen molar-refractivity contribution in [3.05, 3.63) is 60.2 Å². The first-order chi connectivity index (χ1) is 11.4. The maximum Gasteiger partial charge on any atom is 0.416 e. The van der Waals surface area contributed by atoms with E-state index in [1.165, 1.54) is 6.07 Å². The molecule has 5 nitrogen and oxygen atoms in total. The van der Waals surface area contributed by atoms with Crippen molar-refractivity contribution in [2.75, 3.05) is 5.32 Å². The van der Waals surface area contributed by atoms with Crippen LogP contribution in [0, 0.1) is 6.92 Å². The van der Waals surface area contributed by atoms with Gasteiger partial charge in [0.25, 0.3) is 0 Å². The van der Waals surface area contributed by atoms with Crippen LogP contribution in [0.3, 0.4) is 0 Å². The summed E-state index contributed by atoms with van der Waals surface area (Å²) in [6, 6.07) is 8.23. The SMILES string of the molecule is Cc1nc(Nc2ncccn2)cc(-c2cccc(C(F)(F)F)c2)n1. The predicted molar refractivity (Wildman–Crippen MR) is 82.5 cm³/mol. The molecule has 3 aromatic rings. The molecule has 0 aliphatic carbocycles. The van der Waals surface area contributed by atoms with Crippen LogP contribution in [0.25, 0.3) is 11.3 Å². The highest BCUT2D eigenvalue weighted by atomic mass is 19.4. The van der Waals surface area contributed by atoms with Crippen LogP contribution in [0.15, 0.2) is 48.8 Å². The van der Waals surface area contributed by atoms with E-state index < -0.39 is 11.7 Å². The van der Waals surface area contributed by atoms with E-state index in [-0.39, 0.29) is 0 Å². The number of nitrogens with zero attached hydrogens (tertiary/aromatic N) is 4. The van der Waals surface area contributed by atoms with Crippen LogP contribution in [0.2, 0.25) is 0 Å². The summed E-state index contributed by atoms with van der Waals surface area (Å²) < 4.78 is 38.6. The maximum absolute atomic E-state index is 12.9. The lowest BCUT2D eigenvalue weighted by molar-refractivity contribution is -0.137. The normalized spacial score (nSPS) is 11.3. The van der Waals surface area contributed by atoms with Gasteiger partial charge < -0.3 is 5.32 Å². The molecule has 0 aliphatic rings. The molecular formula is C16H12F3N5. The number of anilines is 2. The fourth-order valence-electron chi connectivity index (χ4n) is 2.11. The summed E-state index contributed by atoms with van der Waals surface area (Å²) in [5.41, 5.74) is 0.0107. The Morgan fingerprint density at radius 1 is 0.958 bits per heavy atom. The number of alkyl halides is 3. The van der Waals surface area contributed by atoms with E-state index in [1.54, 1.807) is 37.5 Å². The van der Waals surface area contributed by atoms with Gasteiger partial charge in [-0.25, -0.2) is 19.9 Å². The Hall–Kier alpha value is -3.03. The molecule has 2 heterocycles. The predicted octanol–water partition coefficient (Wildman–Crippen LogP) is 4.00. The van der Waals surface area contributed by atoms with E-state index in [0.717, 1.165) is 12.1 Å². The summed E-state index contributed by atoms with van der Waals surface area (Å²) >= 11 is 0. The monoisotopic (exact) mass is 331 g/mol. The minimum Gasteiger partial charge on any atom is -0.309 e. The summed E-state index contributed by atoms with van der Waals surface area (Å²) in [6.45, 7) is 1.66. The molecule has 0 fully saturated rings. The van der Waals surface area contributed by atoms with Gasteiger partial charge >= 0.3 is 6.18 Å².